The van der Waals surface area contributed by atoms with Crippen molar-refractivity contribution in [2.75, 3.05) is 0 Å². The average Bonchev–Trinajstić information content (AvgIpc) is 2.91. The molecule has 1 heterocycles. The Hall–Kier alpha value is -2.18. The summed E-state index contributed by atoms with van der Waals surface area (Å²) in [6.45, 7) is 3.48. The molecule has 0 aliphatic heterocycles. The summed E-state index contributed by atoms with van der Waals surface area (Å²) in [5.74, 6) is 0.233. The lowest BCUT2D eigenvalue weighted by Crippen LogP contribution is -2.10. The topological polar surface area (TPSA) is 69.4 Å². The summed E-state index contributed by atoms with van der Waals surface area (Å²) in [5.41, 5.74) is 2.24. The molecule has 0 bridgehead atoms. The molecule has 114 valence electrons. The van der Waals surface area contributed by atoms with Crippen LogP contribution in [0.25, 0.3) is 11.1 Å². The normalized spacial score (nSPS) is 13.4. The predicted molar refractivity (Wildman–Crippen MR) is 81.9 cm³/mol. The van der Waals surface area contributed by atoms with Crippen LogP contribution in [0.3, 0.4) is 0 Å². The first-order valence-corrected chi connectivity index (χ1v) is 8.22. The van der Waals surface area contributed by atoms with Crippen LogP contribution in [-0.2, 0) is 14.3 Å². The van der Waals surface area contributed by atoms with E-state index in [0.717, 1.165) is 5.56 Å². The number of aromatic nitrogens is 1. The number of nitrogens with zero attached hydrogens (tertiary/aromatic N) is 1. The molecule has 0 N–H and O–H groups in total. The van der Waals surface area contributed by atoms with Crippen molar-refractivity contribution < 1.29 is 17.0 Å². The van der Waals surface area contributed by atoms with Crippen LogP contribution in [-0.4, -0.2) is 13.4 Å². The summed E-state index contributed by atoms with van der Waals surface area (Å²) in [6, 6.07) is 13.7. The van der Waals surface area contributed by atoms with Gasteiger partial charge < -0.3 is 4.42 Å². The van der Waals surface area contributed by atoms with Gasteiger partial charge in [-0.1, -0.05) is 29.8 Å². The molecular weight excluding hydrogens is 302 g/mol. The van der Waals surface area contributed by atoms with Crippen LogP contribution in [0, 0.1) is 6.92 Å². The minimum atomic E-state index is -3.86. The van der Waals surface area contributed by atoms with Gasteiger partial charge in [0.25, 0.3) is 10.1 Å². The van der Waals surface area contributed by atoms with Crippen LogP contribution in [0.4, 0.5) is 0 Å². The van der Waals surface area contributed by atoms with E-state index in [0.29, 0.717) is 11.1 Å². The Morgan fingerprint density at radius 1 is 1.09 bits per heavy atom. The molecule has 1 unspecified atom stereocenters. The van der Waals surface area contributed by atoms with E-state index >= 15 is 0 Å². The third-order valence-corrected chi connectivity index (χ3v) is 4.63. The molecule has 1 atom stereocenters. The molecule has 0 spiro atoms. The maximum Gasteiger partial charge on any atom is 0.297 e. The van der Waals surface area contributed by atoms with E-state index < -0.39 is 16.2 Å². The highest BCUT2D eigenvalue weighted by atomic mass is 32.2. The Morgan fingerprint density at radius 2 is 1.77 bits per heavy atom. The molecule has 2 aromatic carbocycles. The average molecular weight is 317 g/mol. The minimum Gasteiger partial charge on any atom is -0.438 e. The lowest BCUT2D eigenvalue weighted by atomic mass is 10.2. The summed E-state index contributed by atoms with van der Waals surface area (Å²) < 4.78 is 35.2. The van der Waals surface area contributed by atoms with Gasteiger partial charge in [-0.25, -0.2) is 4.98 Å². The Labute approximate surface area is 128 Å². The van der Waals surface area contributed by atoms with Crippen molar-refractivity contribution in [1.82, 2.24) is 4.98 Å². The highest BCUT2D eigenvalue weighted by Gasteiger charge is 2.23. The van der Waals surface area contributed by atoms with Gasteiger partial charge in [0.05, 0.1) is 4.90 Å². The van der Waals surface area contributed by atoms with Gasteiger partial charge in [-0.15, -0.1) is 0 Å². The van der Waals surface area contributed by atoms with Crippen molar-refractivity contribution in [3.8, 4) is 0 Å². The fraction of sp³-hybridized carbons (Fsp3) is 0.188. The van der Waals surface area contributed by atoms with Crippen molar-refractivity contribution in [3.63, 3.8) is 0 Å². The first kappa shape index (κ1) is 14.7. The Bertz CT molecular complexity index is 864. The highest BCUT2D eigenvalue weighted by Crippen LogP contribution is 2.26. The lowest BCUT2D eigenvalue weighted by molar-refractivity contribution is 0.199. The molecule has 5 nitrogen and oxygen atoms in total. The van der Waals surface area contributed by atoms with Crippen LogP contribution >= 0.6 is 0 Å². The number of fused-ring (bicyclic) bond motifs is 1. The second kappa shape index (κ2) is 5.55. The zero-order chi connectivity index (χ0) is 15.7. The van der Waals surface area contributed by atoms with Crippen molar-refractivity contribution in [2.45, 2.75) is 24.8 Å². The van der Waals surface area contributed by atoms with E-state index in [9.17, 15) is 8.42 Å². The van der Waals surface area contributed by atoms with Gasteiger partial charge in [0.1, 0.15) is 5.52 Å². The Balaban J connectivity index is 1.86. The van der Waals surface area contributed by atoms with Crippen LogP contribution in [0.1, 0.15) is 24.5 Å². The quantitative estimate of drug-likeness (QED) is 0.688. The Kier molecular flexibility index (Phi) is 3.72. The second-order valence-corrected chi connectivity index (χ2v) is 6.60. The fourth-order valence-electron chi connectivity index (χ4n) is 2.06. The Morgan fingerprint density at radius 3 is 2.45 bits per heavy atom. The smallest absolute Gasteiger partial charge is 0.297 e. The van der Waals surface area contributed by atoms with Crippen molar-refractivity contribution in [3.05, 3.63) is 60.0 Å². The number of hydrogen-bond donors (Lipinski definition) is 0. The van der Waals surface area contributed by atoms with Crippen LogP contribution in [0.5, 0.6) is 0 Å². The number of oxazole rings is 1. The molecule has 0 aliphatic rings. The third-order valence-electron chi connectivity index (χ3n) is 3.24. The van der Waals surface area contributed by atoms with Crippen LogP contribution in [0.15, 0.2) is 57.8 Å². The fourth-order valence-corrected chi connectivity index (χ4v) is 3.10. The molecule has 1 aromatic heterocycles. The number of para-hydroxylation sites is 2. The molecule has 3 rings (SSSR count). The molecule has 0 saturated heterocycles. The first-order chi connectivity index (χ1) is 10.5. The van der Waals surface area contributed by atoms with Crippen LogP contribution < -0.4 is 0 Å². The predicted octanol–water partition coefficient (Wildman–Crippen LogP) is 3.60. The molecule has 22 heavy (non-hydrogen) atoms. The van der Waals surface area contributed by atoms with Crippen LogP contribution in [0.2, 0.25) is 0 Å². The zero-order valence-electron chi connectivity index (χ0n) is 12.2. The molecule has 6 heteroatoms. The summed E-state index contributed by atoms with van der Waals surface area (Å²) >= 11 is 0. The maximum absolute atomic E-state index is 12.3. The standard InChI is InChI=1S/C16H15NO4S/c1-11-7-9-13(10-8-11)22(18,19)21-12(2)16-17-14-5-3-4-6-15(14)20-16/h3-10,12H,1-2H3. The largest absolute Gasteiger partial charge is 0.438 e. The molecule has 0 amide bonds. The van der Waals surface area contributed by atoms with Gasteiger partial charge in [-0.05, 0) is 38.1 Å². The molecule has 0 fully saturated rings. The number of benzene rings is 2. The van der Waals surface area contributed by atoms with Crippen molar-refractivity contribution in [2.24, 2.45) is 0 Å². The first-order valence-electron chi connectivity index (χ1n) is 6.81. The monoisotopic (exact) mass is 317 g/mol. The van der Waals surface area contributed by atoms with Gasteiger partial charge in [0.2, 0.25) is 5.89 Å². The van der Waals surface area contributed by atoms with Gasteiger partial charge in [0.15, 0.2) is 11.7 Å². The minimum absolute atomic E-state index is 0.112. The molecule has 0 aliphatic carbocycles. The van der Waals surface area contributed by atoms with Crippen molar-refractivity contribution >= 4 is 21.2 Å². The number of rotatable bonds is 4. The number of hydrogen-bond acceptors (Lipinski definition) is 5. The van der Waals surface area contributed by atoms with E-state index in [1.54, 1.807) is 31.2 Å². The van der Waals surface area contributed by atoms with E-state index in [2.05, 4.69) is 4.98 Å². The summed E-state index contributed by atoms with van der Waals surface area (Å²) in [7, 11) is -3.86. The van der Waals surface area contributed by atoms with E-state index in [1.807, 2.05) is 19.1 Å². The van der Waals surface area contributed by atoms with E-state index in [1.165, 1.54) is 12.1 Å². The molecular formula is C16H15NO4S. The van der Waals surface area contributed by atoms with E-state index in [4.69, 9.17) is 8.60 Å². The summed E-state index contributed by atoms with van der Waals surface area (Å²) in [4.78, 5) is 4.36. The van der Waals surface area contributed by atoms with Gasteiger partial charge in [-0.3, -0.25) is 4.18 Å². The second-order valence-electron chi connectivity index (χ2n) is 5.03. The van der Waals surface area contributed by atoms with E-state index in [-0.39, 0.29) is 10.8 Å². The molecule has 0 saturated carbocycles. The van der Waals surface area contributed by atoms with Crippen molar-refractivity contribution in [1.29, 1.82) is 0 Å². The number of aryl methyl sites for hydroxylation is 1. The maximum atomic E-state index is 12.3. The summed E-state index contributed by atoms with van der Waals surface area (Å²) in [6.07, 6.45) is -0.807. The zero-order valence-corrected chi connectivity index (χ0v) is 13.0. The van der Waals surface area contributed by atoms with Gasteiger partial charge >= 0.3 is 0 Å². The lowest BCUT2D eigenvalue weighted by Gasteiger charge is -2.10. The highest BCUT2D eigenvalue weighted by molar-refractivity contribution is 7.86. The SMILES string of the molecule is Cc1ccc(S(=O)(=O)OC(C)c2nc3ccccc3o2)cc1. The van der Waals surface area contributed by atoms with Gasteiger partial charge in [0, 0.05) is 0 Å². The molecule has 3 aromatic rings. The summed E-state index contributed by atoms with van der Waals surface area (Å²) in [5, 5.41) is 0. The van der Waals surface area contributed by atoms with Gasteiger partial charge in [-0.2, -0.15) is 8.42 Å². The third kappa shape index (κ3) is 2.88. The molecule has 0 radical (unpaired) electrons.